The molecule has 0 spiro atoms. The van der Waals surface area contributed by atoms with E-state index >= 15 is 0 Å². The molecular formula is C25H27N3O3. The summed E-state index contributed by atoms with van der Waals surface area (Å²) in [6, 6.07) is 16.9. The van der Waals surface area contributed by atoms with Crippen molar-refractivity contribution in [1.29, 1.82) is 0 Å². The molecular weight excluding hydrogens is 390 g/mol. The lowest BCUT2D eigenvalue weighted by atomic mass is 9.88. The van der Waals surface area contributed by atoms with Crippen LogP contribution in [-0.2, 0) is 4.79 Å². The summed E-state index contributed by atoms with van der Waals surface area (Å²) in [5, 5.41) is 7.60. The summed E-state index contributed by atoms with van der Waals surface area (Å²) in [5.74, 6) is 0.930. The number of hydrogen-bond acceptors (Lipinski definition) is 4. The number of hydrogen-bond donors (Lipinski definition) is 1. The Hall–Kier alpha value is -3.41. The topological polar surface area (TPSA) is 73.2 Å². The number of rotatable bonds is 5. The van der Waals surface area contributed by atoms with E-state index in [-0.39, 0.29) is 17.3 Å². The highest BCUT2D eigenvalue weighted by atomic mass is 16.5. The van der Waals surface area contributed by atoms with Crippen LogP contribution in [0.1, 0.15) is 37.8 Å². The van der Waals surface area contributed by atoms with Gasteiger partial charge in [-0.25, -0.2) is 4.68 Å². The average molecular weight is 418 g/mol. The molecule has 1 aliphatic carbocycles. The molecule has 0 radical (unpaired) electrons. The molecule has 1 N–H and O–H groups in total. The SMILES string of the molecule is COc1cccc(-c2c(NC(=O)C3CCCCC3)n(-c3ccccc3)nc(C)c2=O)c1. The van der Waals surface area contributed by atoms with Crippen LogP contribution in [0.15, 0.2) is 59.4 Å². The molecule has 1 fully saturated rings. The molecule has 160 valence electrons. The van der Waals surface area contributed by atoms with E-state index in [4.69, 9.17) is 4.74 Å². The second kappa shape index (κ2) is 9.16. The molecule has 4 rings (SSSR count). The van der Waals surface area contributed by atoms with Crippen LogP contribution in [0, 0.1) is 12.8 Å². The Morgan fingerprint density at radius 2 is 1.81 bits per heavy atom. The molecule has 6 nitrogen and oxygen atoms in total. The quantitative estimate of drug-likeness (QED) is 0.651. The van der Waals surface area contributed by atoms with Gasteiger partial charge in [-0.15, -0.1) is 0 Å². The maximum atomic E-state index is 13.3. The Balaban J connectivity index is 1.90. The number of para-hydroxylation sites is 1. The zero-order valence-electron chi connectivity index (χ0n) is 17.9. The van der Waals surface area contributed by atoms with E-state index in [1.54, 1.807) is 18.7 Å². The van der Waals surface area contributed by atoms with Crippen molar-refractivity contribution in [2.24, 2.45) is 5.92 Å². The average Bonchev–Trinajstić information content (AvgIpc) is 2.82. The van der Waals surface area contributed by atoms with Crippen molar-refractivity contribution in [1.82, 2.24) is 9.78 Å². The molecule has 1 amide bonds. The summed E-state index contributed by atoms with van der Waals surface area (Å²) >= 11 is 0. The van der Waals surface area contributed by atoms with Gasteiger partial charge in [0.15, 0.2) is 0 Å². The number of aryl methyl sites for hydroxylation is 1. The molecule has 3 aromatic rings. The van der Waals surface area contributed by atoms with Crippen LogP contribution in [0.2, 0.25) is 0 Å². The first kappa shape index (κ1) is 20.8. The molecule has 0 atom stereocenters. The van der Waals surface area contributed by atoms with Crippen molar-refractivity contribution in [3.05, 3.63) is 70.5 Å². The third-order valence-corrected chi connectivity index (χ3v) is 5.83. The Labute approximate surface area is 181 Å². The number of ether oxygens (including phenoxy) is 1. The second-order valence-corrected chi connectivity index (χ2v) is 7.94. The van der Waals surface area contributed by atoms with E-state index in [0.29, 0.717) is 28.4 Å². The van der Waals surface area contributed by atoms with Crippen LogP contribution < -0.4 is 15.5 Å². The fraction of sp³-hybridized carbons (Fsp3) is 0.320. The Morgan fingerprint density at radius 3 is 2.52 bits per heavy atom. The number of anilines is 1. The van der Waals surface area contributed by atoms with Crippen LogP contribution in [-0.4, -0.2) is 22.8 Å². The zero-order valence-corrected chi connectivity index (χ0v) is 17.9. The second-order valence-electron chi connectivity index (χ2n) is 7.94. The minimum Gasteiger partial charge on any atom is -0.497 e. The highest BCUT2D eigenvalue weighted by molar-refractivity contribution is 5.96. The van der Waals surface area contributed by atoms with Crippen molar-refractivity contribution in [3.63, 3.8) is 0 Å². The van der Waals surface area contributed by atoms with Crippen LogP contribution >= 0.6 is 0 Å². The fourth-order valence-corrected chi connectivity index (χ4v) is 4.14. The highest BCUT2D eigenvalue weighted by Gasteiger charge is 2.25. The van der Waals surface area contributed by atoms with E-state index in [0.717, 1.165) is 31.4 Å². The zero-order chi connectivity index (χ0) is 21.8. The first-order chi connectivity index (χ1) is 15.1. The van der Waals surface area contributed by atoms with Crippen LogP contribution in [0.4, 0.5) is 5.82 Å². The summed E-state index contributed by atoms with van der Waals surface area (Å²) in [6.07, 6.45) is 5.01. The molecule has 0 bridgehead atoms. The van der Waals surface area contributed by atoms with Gasteiger partial charge >= 0.3 is 0 Å². The van der Waals surface area contributed by atoms with E-state index in [1.807, 2.05) is 54.6 Å². The molecule has 6 heteroatoms. The summed E-state index contributed by atoms with van der Waals surface area (Å²) in [7, 11) is 1.59. The van der Waals surface area contributed by atoms with Gasteiger partial charge in [0.2, 0.25) is 11.3 Å². The lowest BCUT2D eigenvalue weighted by Crippen LogP contribution is -2.29. The van der Waals surface area contributed by atoms with Gasteiger partial charge in [0.05, 0.1) is 18.4 Å². The minimum atomic E-state index is -0.209. The van der Waals surface area contributed by atoms with Gasteiger partial charge in [0, 0.05) is 5.92 Å². The molecule has 1 aromatic heterocycles. The van der Waals surface area contributed by atoms with Crippen molar-refractivity contribution in [3.8, 4) is 22.6 Å². The van der Waals surface area contributed by atoms with E-state index < -0.39 is 0 Å². The Morgan fingerprint density at radius 1 is 1.06 bits per heavy atom. The van der Waals surface area contributed by atoms with Crippen LogP contribution in [0.25, 0.3) is 16.8 Å². The summed E-state index contributed by atoms with van der Waals surface area (Å²) < 4.78 is 7.02. The Kier molecular flexibility index (Phi) is 6.16. The van der Waals surface area contributed by atoms with Gasteiger partial charge < -0.3 is 10.1 Å². The van der Waals surface area contributed by atoms with Crippen molar-refractivity contribution < 1.29 is 9.53 Å². The summed E-state index contributed by atoms with van der Waals surface area (Å²) in [4.78, 5) is 26.4. The molecule has 31 heavy (non-hydrogen) atoms. The molecule has 0 saturated heterocycles. The van der Waals surface area contributed by atoms with Gasteiger partial charge in [-0.1, -0.05) is 49.6 Å². The Bertz CT molecular complexity index is 1130. The van der Waals surface area contributed by atoms with Crippen LogP contribution in [0.5, 0.6) is 5.75 Å². The number of amides is 1. The number of carbonyl (C=O) groups excluding carboxylic acids is 1. The maximum Gasteiger partial charge on any atom is 0.228 e. The molecule has 1 heterocycles. The van der Waals surface area contributed by atoms with Gasteiger partial charge in [0.1, 0.15) is 17.3 Å². The third-order valence-electron chi connectivity index (χ3n) is 5.83. The number of methoxy groups -OCH3 is 1. The molecule has 1 aliphatic rings. The van der Waals surface area contributed by atoms with Crippen molar-refractivity contribution >= 4 is 11.7 Å². The maximum absolute atomic E-state index is 13.3. The standard InChI is InChI=1S/C25H27N3O3/c1-17-23(29)22(19-12-9-15-21(16-19)31-2)24(26-25(30)18-10-5-3-6-11-18)28(27-17)20-13-7-4-8-14-20/h4,7-9,12-16,18H,3,5-6,10-11H2,1-2H3,(H,26,30). The number of benzene rings is 2. The van der Waals surface area contributed by atoms with Gasteiger partial charge in [-0.2, -0.15) is 5.10 Å². The van der Waals surface area contributed by atoms with Gasteiger partial charge in [0.25, 0.3) is 0 Å². The molecule has 0 unspecified atom stereocenters. The lowest BCUT2D eigenvalue weighted by molar-refractivity contribution is -0.120. The number of carbonyl (C=O) groups is 1. The van der Waals surface area contributed by atoms with E-state index in [9.17, 15) is 9.59 Å². The monoisotopic (exact) mass is 417 g/mol. The molecule has 2 aromatic carbocycles. The number of aromatic nitrogens is 2. The van der Waals surface area contributed by atoms with Crippen LogP contribution in [0.3, 0.4) is 0 Å². The highest BCUT2D eigenvalue weighted by Crippen LogP contribution is 2.31. The van der Waals surface area contributed by atoms with Crippen molar-refractivity contribution in [2.45, 2.75) is 39.0 Å². The summed E-state index contributed by atoms with van der Waals surface area (Å²) in [5.41, 5.74) is 2.02. The number of nitrogens with one attached hydrogen (secondary N) is 1. The van der Waals surface area contributed by atoms with Crippen molar-refractivity contribution in [2.75, 3.05) is 12.4 Å². The van der Waals surface area contributed by atoms with Gasteiger partial charge in [-0.05, 0) is 49.6 Å². The number of nitrogens with zero attached hydrogens (tertiary/aromatic N) is 2. The van der Waals surface area contributed by atoms with E-state index in [2.05, 4.69) is 10.4 Å². The molecule has 0 aliphatic heterocycles. The predicted octanol–water partition coefficient (Wildman–Crippen LogP) is 4.74. The fourth-order valence-electron chi connectivity index (χ4n) is 4.14. The lowest BCUT2D eigenvalue weighted by Gasteiger charge is -2.23. The first-order valence-corrected chi connectivity index (χ1v) is 10.7. The summed E-state index contributed by atoms with van der Waals surface area (Å²) in [6.45, 7) is 1.69. The minimum absolute atomic E-state index is 0.0486. The predicted molar refractivity (Wildman–Crippen MR) is 122 cm³/mol. The smallest absolute Gasteiger partial charge is 0.228 e. The largest absolute Gasteiger partial charge is 0.497 e. The molecule has 1 saturated carbocycles. The third kappa shape index (κ3) is 4.38. The van der Waals surface area contributed by atoms with E-state index in [1.165, 1.54) is 6.42 Å². The normalized spacial score (nSPS) is 14.3. The van der Waals surface area contributed by atoms with Gasteiger partial charge in [-0.3, -0.25) is 9.59 Å². The first-order valence-electron chi connectivity index (χ1n) is 10.7.